The van der Waals surface area contributed by atoms with Crippen molar-refractivity contribution < 1.29 is 4.79 Å². The Labute approximate surface area is 195 Å². The molecule has 0 atom stereocenters. The smallest absolute Gasteiger partial charge is 0.330 e. The number of hydrogen-bond donors (Lipinski definition) is 2. The van der Waals surface area contributed by atoms with Gasteiger partial charge in [0.15, 0.2) is 10.8 Å². The van der Waals surface area contributed by atoms with Crippen LogP contribution in [0.3, 0.4) is 0 Å². The van der Waals surface area contributed by atoms with Gasteiger partial charge in [0.1, 0.15) is 12.1 Å². The van der Waals surface area contributed by atoms with Crippen molar-refractivity contribution in [1.29, 1.82) is 0 Å². The van der Waals surface area contributed by atoms with E-state index in [9.17, 15) is 14.4 Å². The predicted octanol–water partition coefficient (Wildman–Crippen LogP) is 2.28. The Kier molecular flexibility index (Phi) is 8.10. The molecule has 2 aromatic heterocycles. The Bertz CT molecular complexity index is 1200. The van der Waals surface area contributed by atoms with Crippen molar-refractivity contribution in [3.8, 4) is 5.69 Å². The number of nitrogens with zero attached hydrogens (tertiary/aromatic N) is 5. The van der Waals surface area contributed by atoms with Gasteiger partial charge in [-0.2, -0.15) is 0 Å². The zero-order valence-electron chi connectivity index (χ0n) is 19.0. The Morgan fingerprint density at radius 2 is 1.97 bits per heavy atom. The molecule has 11 heteroatoms. The van der Waals surface area contributed by atoms with Gasteiger partial charge in [0, 0.05) is 18.8 Å². The van der Waals surface area contributed by atoms with E-state index in [4.69, 9.17) is 5.73 Å². The number of nitrogen functional groups attached to an aromatic ring is 1. The summed E-state index contributed by atoms with van der Waals surface area (Å²) in [5.41, 5.74) is 5.89. The fraction of sp³-hybridized carbons (Fsp3) is 0.409. The molecule has 0 saturated heterocycles. The first kappa shape index (κ1) is 24.3. The van der Waals surface area contributed by atoms with Crippen LogP contribution in [-0.4, -0.2) is 42.5 Å². The van der Waals surface area contributed by atoms with Gasteiger partial charge in [0.2, 0.25) is 5.91 Å². The van der Waals surface area contributed by atoms with Gasteiger partial charge in [-0.15, -0.1) is 10.2 Å². The number of amides is 1. The number of carbonyl (C=O) groups is 1. The summed E-state index contributed by atoms with van der Waals surface area (Å²) in [6.45, 7) is 6.52. The molecule has 0 unspecified atom stereocenters. The van der Waals surface area contributed by atoms with Crippen LogP contribution in [-0.2, 0) is 11.3 Å². The van der Waals surface area contributed by atoms with E-state index in [1.54, 1.807) is 10.9 Å². The second-order valence-electron chi connectivity index (χ2n) is 8.00. The third-order valence-corrected chi connectivity index (χ3v) is 5.87. The van der Waals surface area contributed by atoms with Crippen LogP contribution in [0.15, 0.2) is 51.4 Å². The summed E-state index contributed by atoms with van der Waals surface area (Å²) in [5.74, 6) is -0.217. The van der Waals surface area contributed by atoms with Crippen LogP contribution in [0, 0.1) is 5.92 Å². The number of benzene rings is 1. The van der Waals surface area contributed by atoms with Gasteiger partial charge >= 0.3 is 5.69 Å². The van der Waals surface area contributed by atoms with Crippen molar-refractivity contribution in [3.05, 3.63) is 57.5 Å². The Morgan fingerprint density at radius 3 is 2.64 bits per heavy atom. The standard InChI is InChI=1S/C22H29N7O3S/c1-4-5-11-27-19(23)18(20(31)25-21(27)32)28(12-15(2)3)17(30)13-33-22-26-24-14-29(22)16-9-7-6-8-10-16/h6-10,14-15H,4-5,11-13,23H2,1-3H3,(H,25,31,32). The number of H-pyrrole nitrogens is 1. The number of hydrogen-bond acceptors (Lipinski definition) is 7. The number of rotatable bonds is 10. The van der Waals surface area contributed by atoms with Crippen LogP contribution in [0.5, 0.6) is 0 Å². The molecule has 176 valence electrons. The first-order valence-electron chi connectivity index (χ1n) is 10.8. The van der Waals surface area contributed by atoms with Gasteiger partial charge in [-0.1, -0.05) is 57.2 Å². The van der Waals surface area contributed by atoms with Gasteiger partial charge in [-0.3, -0.25) is 23.7 Å². The Hall–Kier alpha value is -3.34. The summed E-state index contributed by atoms with van der Waals surface area (Å²) < 4.78 is 3.11. The SMILES string of the molecule is CCCCn1c(N)c(N(CC(C)C)C(=O)CSc2nncn2-c2ccccc2)c(=O)[nH]c1=O. The van der Waals surface area contributed by atoms with Gasteiger partial charge in [-0.05, 0) is 24.5 Å². The molecule has 2 heterocycles. The average molecular weight is 472 g/mol. The number of nitrogens with one attached hydrogen (secondary N) is 1. The van der Waals surface area contributed by atoms with E-state index in [2.05, 4.69) is 15.2 Å². The number of unbranched alkanes of at least 4 members (excludes halogenated alkanes) is 1. The van der Waals surface area contributed by atoms with Crippen molar-refractivity contribution in [1.82, 2.24) is 24.3 Å². The number of thioether (sulfide) groups is 1. The Morgan fingerprint density at radius 1 is 1.24 bits per heavy atom. The highest BCUT2D eigenvalue weighted by atomic mass is 32.2. The summed E-state index contributed by atoms with van der Waals surface area (Å²) in [7, 11) is 0. The average Bonchev–Trinajstić information content (AvgIpc) is 3.25. The maximum Gasteiger partial charge on any atom is 0.330 e. The van der Waals surface area contributed by atoms with Gasteiger partial charge in [0.05, 0.1) is 5.75 Å². The van der Waals surface area contributed by atoms with E-state index in [0.717, 1.165) is 18.5 Å². The highest BCUT2D eigenvalue weighted by molar-refractivity contribution is 7.99. The summed E-state index contributed by atoms with van der Waals surface area (Å²) in [5, 5.41) is 8.63. The van der Waals surface area contributed by atoms with Crippen LogP contribution >= 0.6 is 11.8 Å². The van der Waals surface area contributed by atoms with Crippen molar-refractivity contribution in [3.63, 3.8) is 0 Å². The minimum absolute atomic E-state index is 0.00338. The molecule has 0 aliphatic carbocycles. The number of carbonyl (C=O) groups excluding carboxylic acids is 1. The third-order valence-electron chi connectivity index (χ3n) is 4.94. The van der Waals surface area contributed by atoms with Crippen molar-refractivity contribution in [2.45, 2.75) is 45.3 Å². The molecule has 3 aromatic rings. The van der Waals surface area contributed by atoms with Crippen LogP contribution in [0.25, 0.3) is 5.69 Å². The minimum atomic E-state index is -0.670. The van der Waals surface area contributed by atoms with Crippen LogP contribution < -0.4 is 21.9 Å². The molecular formula is C22H29N7O3S. The van der Waals surface area contributed by atoms with Crippen molar-refractivity contribution >= 4 is 29.2 Å². The molecule has 33 heavy (non-hydrogen) atoms. The summed E-state index contributed by atoms with van der Waals surface area (Å²) in [6.07, 6.45) is 3.16. The monoisotopic (exact) mass is 471 g/mol. The van der Waals surface area contributed by atoms with Crippen LogP contribution in [0.1, 0.15) is 33.6 Å². The molecule has 0 bridgehead atoms. The van der Waals surface area contributed by atoms with E-state index in [1.165, 1.54) is 21.2 Å². The lowest BCUT2D eigenvalue weighted by molar-refractivity contribution is -0.116. The number of aromatic nitrogens is 5. The molecule has 1 amide bonds. The first-order valence-corrected chi connectivity index (χ1v) is 11.8. The van der Waals surface area contributed by atoms with E-state index >= 15 is 0 Å². The zero-order valence-corrected chi connectivity index (χ0v) is 19.8. The van der Waals surface area contributed by atoms with E-state index < -0.39 is 11.2 Å². The highest BCUT2D eigenvalue weighted by Gasteiger charge is 2.25. The molecule has 0 aliphatic rings. The molecule has 10 nitrogen and oxygen atoms in total. The zero-order chi connectivity index (χ0) is 24.0. The molecule has 0 radical (unpaired) electrons. The Balaban J connectivity index is 1.89. The van der Waals surface area contributed by atoms with Crippen molar-refractivity contribution in [2.75, 3.05) is 22.9 Å². The number of nitrogens with two attached hydrogens (primary N) is 1. The quantitative estimate of drug-likeness (QED) is 0.434. The van der Waals surface area contributed by atoms with Crippen molar-refractivity contribution in [2.24, 2.45) is 5.92 Å². The number of para-hydroxylation sites is 1. The van der Waals surface area contributed by atoms with Gasteiger partial charge < -0.3 is 10.6 Å². The lowest BCUT2D eigenvalue weighted by Gasteiger charge is -2.26. The van der Waals surface area contributed by atoms with Gasteiger partial charge in [0.25, 0.3) is 5.56 Å². The number of anilines is 2. The topological polar surface area (TPSA) is 132 Å². The molecule has 1 aromatic carbocycles. The maximum absolute atomic E-state index is 13.3. The second-order valence-corrected chi connectivity index (χ2v) is 8.95. The third kappa shape index (κ3) is 5.72. The normalized spacial score (nSPS) is 11.2. The molecular weight excluding hydrogens is 442 g/mol. The fourth-order valence-corrected chi connectivity index (χ4v) is 4.16. The maximum atomic E-state index is 13.3. The first-order chi connectivity index (χ1) is 15.8. The van der Waals surface area contributed by atoms with Crippen LogP contribution in [0.2, 0.25) is 0 Å². The lowest BCUT2D eigenvalue weighted by atomic mass is 10.2. The van der Waals surface area contributed by atoms with E-state index in [-0.39, 0.29) is 35.6 Å². The second kappa shape index (κ2) is 11.0. The largest absolute Gasteiger partial charge is 0.383 e. The molecule has 3 N–H and O–H groups in total. The summed E-state index contributed by atoms with van der Waals surface area (Å²) >= 11 is 1.22. The van der Waals surface area contributed by atoms with E-state index in [1.807, 2.05) is 51.1 Å². The van der Waals surface area contributed by atoms with Crippen LogP contribution in [0.4, 0.5) is 11.5 Å². The van der Waals surface area contributed by atoms with Gasteiger partial charge in [-0.25, -0.2) is 4.79 Å². The lowest BCUT2D eigenvalue weighted by Crippen LogP contribution is -2.43. The summed E-state index contributed by atoms with van der Waals surface area (Å²) in [4.78, 5) is 42.0. The molecule has 0 aliphatic heterocycles. The molecule has 0 spiro atoms. The molecule has 0 saturated carbocycles. The molecule has 3 rings (SSSR count). The number of aromatic amines is 1. The predicted molar refractivity (Wildman–Crippen MR) is 130 cm³/mol. The summed E-state index contributed by atoms with van der Waals surface area (Å²) in [6, 6.07) is 9.56. The highest BCUT2D eigenvalue weighted by Crippen LogP contribution is 2.23. The minimum Gasteiger partial charge on any atom is -0.383 e. The van der Waals surface area contributed by atoms with E-state index in [0.29, 0.717) is 11.7 Å². The molecule has 0 fully saturated rings. The fourth-order valence-electron chi connectivity index (χ4n) is 3.35.